The molecule has 2 aromatic heterocycles. The molecule has 152 valence electrons. The largest absolute Gasteiger partial charge is 0.378 e. The minimum atomic E-state index is -0.208. The van der Waals surface area contributed by atoms with Gasteiger partial charge in [0.2, 0.25) is 0 Å². The lowest BCUT2D eigenvalue weighted by Gasteiger charge is -2.26. The Morgan fingerprint density at radius 2 is 2.03 bits per heavy atom. The number of nitriles is 1. The van der Waals surface area contributed by atoms with Gasteiger partial charge < -0.3 is 9.64 Å². The molecule has 3 aromatic rings. The molecule has 0 spiro atoms. The maximum atomic E-state index is 12.6. The van der Waals surface area contributed by atoms with E-state index < -0.39 is 0 Å². The van der Waals surface area contributed by atoms with Crippen LogP contribution in [0.2, 0.25) is 5.15 Å². The van der Waals surface area contributed by atoms with Crippen LogP contribution in [-0.2, 0) is 4.74 Å². The Kier molecular flexibility index (Phi) is 5.95. The Labute approximate surface area is 182 Å². The molecule has 1 aliphatic rings. The predicted octanol–water partition coefficient (Wildman–Crippen LogP) is 4.57. The van der Waals surface area contributed by atoms with Crippen LogP contribution in [0.4, 0.5) is 9.93 Å². The number of hydrogen-bond acceptors (Lipinski definition) is 6. The number of carbonyl (C=O) groups is 1. The number of benzene rings is 1. The van der Waals surface area contributed by atoms with Crippen molar-refractivity contribution in [3.8, 4) is 27.8 Å². The lowest BCUT2D eigenvalue weighted by Crippen LogP contribution is -2.43. The van der Waals surface area contributed by atoms with Crippen molar-refractivity contribution in [3.05, 3.63) is 52.8 Å². The van der Waals surface area contributed by atoms with E-state index in [0.29, 0.717) is 47.8 Å². The highest BCUT2D eigenvalue weighted by molar-refractivity contribution is 7.19. The average Bonchev–Trinajstić information content (AvgIpc) is 3.17. The van der Waals surface area contributed by atoms with Gasteiger partial charge in [-0.15, -0.1) is 0 Å². The average molecular weight is 440 g/mol. The first-order valence-corrected chi connectivity index (χ1v) is 10.5. The zero-order valence-corrected chi connectivity index (χ0v) is 17.8. The van der Waals surface area contributed by atoms with Gasteiger partial charge in [0.05, 0.1) is 35.4 Å². The summed E-state index contributed by atoms with van der Waals surface area (Å²) in [6.07, 6.45) is 0. The molecule has 4 rings (SSSR count). The number of urea groups is 1. The maximum absolute atomic E-state index is 12.6. The zero-order chi connectivity index (χ0) is 21.1. The monoisotopic (exact) mass is 439 g/mol. The van der Waals surface area contributed by atoms with Crippen molar-refractivity contribution < 1.29 is 9.53 Å². The normalized spacial score (nSPS) is 13.7. The second-order valence-electron chi connectivity index (χ2n) is 6.74. The minimum absolute atomic E-state index is 0.208. The van der Waals surface area contributed by atoms with Crippen molar-refractivity contribution in [2.24, 2.45) is 0 Å². The number of aromatic nitrogens is 2. The Morgan fingerprint density at radius 3 is 2.77 bits per heavy atom. The summed E-state index contributed by atoms with van der Waals surface area (Å²) in [5, 5.41) is 13.0. The number of halogens is 1. The van der Waals surface area contributed by atoms with Crippen LogP contribution in [0.25, 0.3) is 21.7 Å². The van der Waals surface area contributed by atoms with Crippen molar-refractivity contribution >= 4 is 34.1 Å². The molecule has 2 amide bonds. The molecule has 3 heterocycles. The molecular formula is C21H18ClN5O2S. The predicted molar refractivity (Wildman–Crippen MR) is 117 cm³/mol. The second-order valence-corrected chi connectivity index (χ2v) is 8.13. The molecule has 30 heavy (non-hydrogen) atoms. The Hall–Kier alpha value is -2.99. The number of thiazole rings is 1. The third kappa shape index (κ3) is 4.44. The van der Waals surface area contributed by atoms with Crippen LogP contribution in [-0.4, -0.2) is 47.2 Å². The first kappa shape index (κ1) is 20.3. The van der Waals surface area contributed by atoms with Gasteiger partial charge >= 0.3 is 6.03 Å². The molecule has 0 atom stereocenters. The van der Waals surface area contributed by atoms with Gasteiger partial charge in [-0.05, 0) is 36.8 Å². The number of anilines is 1. The molecule has 0 saturated carbocycles. The minimum Gasteiger partial charge on any atom is -0.378 e. The second kappa shape index (κ2) is 8.79. The lowest BCUT2D eigenvalue weighted by molar-refractivity contribution is 0.0564. The summed E-state index contributed by atoms with van der Waals surface area (Å²) in [5.41, 5.74) is 3.64. The number of morpholine rings is 1. The molecule has 1 fully saturated rings. The van der Waals surface area contributed by atoms with E-state index in [0.717, 1.165) is 21.7 Å². The highest BCUT2D eigenvalue weighted by Crippen LogP contribution is 2.40. The number of rotatable bonds is 3. The van der Waals surface area contributed by atoms with Crippen molar-refractivity contribution in [1.29, 1.82) is 5.26 Å². The summed E-state index contributed by atoms with van der Waals surface area (Å²) in [4.78, 5) is 24.1. The Bertz CT molecular complexity index is 1110. The van der Waals surface area contributed by atoms with Crippen LogP contribution < -0.4 is 5.32 Å². The van der Waals surface area contributed by atoms with E-state index in [1.807, 2.05) is 25.1 Å². The van der Waals surface area contributed by atoms with Gasteiger partial charge in [-0.3, -0.25) is 5.32 Å². The molecular weight excluding hydrogens is 422 g/mol. The quantitative estimate of drug-likeness (QED) is 0.603. The molecule has 1 N–H and O–H groups in total. The number of pyridine rings is 1. The summed E-state index contributed by atoms with van der Waals surface area (Å²) < 4.78 is 5.30. The molecule has 1 aliphatic heterocycles. The summed E-state index contributed by atoms with van der Waals surface area (Å²) in [5.74, 6) is 0. The van der Waals surface area contributed by atoms with Crippen molar-refractivity contribution in [1.82, 2.24) is 14.9 Å². The molecule has 7 nitrogen and oxygen atoms in total. The number of amides is 2. The molecule has 0 bridgehead atoms. The number of hydrogen-bond donors (Lipinski definition) is 1. The van der Waals surface area contributed by atoms with Gasteiger partial charge in [0.15, 0.2) is 5.13 Å². The summed E-state index contributed by atoms with van der Waals surface area (Å²) >= 11 is 7.54. The van der Waals surface area contributed by atoms with Crippen molar-refractivity contribution in [2.75, 3.05) is 31.6 Å². The van der Waals surface area contributed by atoms with Crippen molar-refractivity contribution in [3.63, 3.8) is 0 Å². The van der Waals surface area contributed by atoms with E-state index in [1.54, 1.807) is 23.1 Å². The number of aryl methyl sites for hydroxylation is 1. The van der Waals surface area contributed by atoms with Crippen LogP contribution in [0.5, 0.6) is 0 Å². The van der Waals surface area contributed by atoms with Crippen LogP contribution in [0, 0.1) is 18.3 Å². The molecule has 0 radical (unpaired) electrons. The third-order valence-electron chi connectivity index (χ3n) is 4.59. The Balaban J connectivity index is 1.75. The highest BCUT2D eigenvalue weighted by Gasteiger charge is 2.21. The van der Waals surface area contributed by atoms with Gasteiger partial charge in [0, 0.05) is 24.3 Å². The maximum Gasteiger partial charge on any atom is 0.323 e. The van der Waals surface area contributed by atoms with E-state index in [4.69, 9.17) is 16.3 Å². The van der Waals surface area contributed by atoms with E-state index in [-0.39, 0.29) is 6.03 Å². The molecule has 9 heteroatoms. The lowest BCUT2D eigenvalue weighted by atomic mass is 10.1. The zero-order valence-electron chi connectivity index (χ0n) is 16.2. The highest BCUT2D eigenvalue weighted by atomic mass is 35.5. The third-order valence-corrected chi connectivity index (χ3v) is 5.80. The number of nitrogens with one attached hydrogen (secondary N) is 1. The number of nitrogens with zero attached hydrogens (tertiary/aromatic N) is 4. The standard InChI is InChI=1S/C21H18ClN5O2S/c1-13-9-16(11-17(22)24-13)19-18(15-4-2-3-14(10-15)12-23)25-20(30-19)26-21(28)27-5-7-29-8-6-27/h2-4,9-11H,5-8H2,1H3,(H,25,26,28). The van der Waals surface area contributed by atoms with Gasteiger partial charge in [0.25, 0.3) is 0 Å². The number of ether oxygens (including phenoxy) is 1. The fourth-order valence-corrected chi connectivity index (χ4v) is 4.41. The first-order chi connectivity index (χ1) is 14.5. The van der Waals surface area contributed by atoms with E-state index in [9.17, 15) is 10.1 Å². The Morgan fingerprint density at radius 1 is 1.23 bits per heavy atom. The van der Waals surface area contributed by atoms with E-state index in [2.05, 4.69) is 21.4 Å². The van der Waals surface area contributed by atoms with Crippen LogP contribution in [0.3, 0.4) is 0 Å². The molecule has 1 saturated heterocycles. The van der Waals surface area contributed by atoms with Crippen molar-refractivity contribution in [2.45, 2.75) is 6.92 Å². The fraction of sp³-hybridized carbons (Fsp3) is 0.238. The first-order valence-electron chi connectivity index (χ1n) is 9.33. The van der Waals surface area contributed by atoms with Gasteiger partial charge in [0.1, 0.15) is 5.15 Å². The molecule has 1 aromatic carbocycles. The smallest absolute Gasteiger partial charge is 0.323 e. The van der Waals surface area contributed by atoms with Gasteiger partial charge in [-0.25, -0.2) is 14.8 Å². The SMILES string of the molecule is Cc1cc(-c2sc(NC(=O)N3CCOCC3)nc2-c2cccc(C#N)c2)cc(Cl)n1. The topological polar surface area (TPSA) is 91.1 Å². The molecule has 0 unspecified atom stereocenters. The van der Waals surface area contributed by atoms with E-state index in [1.165, 1.54) is 11.3 Å². The summed E-state index contributed by atoms with van der Waals surface area (Å²) in [6, 6.07) is 12.9. The summed E-state index contributed by atoms with van der Waals surface area (Å²) in [6.45, 7) is 4.00. The van der Waals surface area contributed by atoms with Crippen LogP contribution in [0.15, 0.2) is 36.4 Å². The molecule has 0 aliphatic carbocycles. The van der Waals surface area contributed by atoms with E-state index >= 15 is 0 Å². The summed E-state index contributed by atoms with van der Waals surface area (Å²) in [7, 11) is 0. The van der Waals surface area contributed by atoms with Crippen LogP contribution in [0.1, 0.15) is 11.3 Å². The fourth-order valence-electron chi connectivity index (χ4n) is 3.20. The van der Waals surface area contributed by atoms with Crippen LogP contribution >= 0.6 is 22.9 Å². The number of carbonyl (C=O) groups excluding carboxylic acids is 1. The van der Waals surface area contributed by atoms with Gasteiger partial charge in [-0.2, -0.15) is 5.26 Å². The van der Waals surface area contributed by atoms with Gasteiger partial charge in [-0.1, -0.05) is 35.1 Å².